The summed E-state index contributed by atoms with van der Waals surface area (Å²) in [6, 6.07) is -0.0187. The Balaban J connectivity index is 2.50. The number of nitrogens with two attached hydrogens (primary N) is 1. The van der Waals surface area contributed by atoms with E-state index in [-0.39, 0.29) is 6.04 Å². The van der Waals surface area contributed by atoms with Gasteiger partial charge in [0.1, 0.15) is 0 Å². The van der Waals surface area contributed by atoms with E-state index in [0.717, 1.165) is 21.3 Å². The third-order valence-electron chi connectivity index (χ3n) is 2.26. The lowest BCUT2D eigenvalue weighted by atomic mass is 10.2. The molecule has 0 bridgehead atoms. The average molecular weight is 237 g/mol. The first-order chi connectivity index (χ1) is 7.61. The molecule has 0 aliphatic heterocycles. The van der Waals surface area contributed by atoms with Crippen LogP contribution in [0.4, 0.5) is 5.13 Å². The summed E-state index contributed by atoms with van der Waals surface area (Å²) in [7, 11) is 3.75. The van der Waals surface area contributed by atoms with Crippen molar-refractivity contribution in [3.05, 3.63) is 17.3 Å². The molecule has 1 atom stereocenters. The van der Waals surface area contributed by atoms with Crippen molar-refractivity contribution in [2.75, 3.05) is 12.4 Å². The molecule has 1 unspecified atom stereocenters. The highest BCUT2D eigenvalue weighted by molar-refractivity contribution is 7.16. The van der Waals surface area contributed by atoms with E-state index in [1.165, 1.54) is 0 Å². The molecule has 0 saturated heterocycles. The number of rotatable bonds is 3. The SMILES string of the molecule is CNc1nc(-c2cnn(C)c2)c(C(C)N)s1. The number of nitrogens with zero attached hydrogens (tertiary/aromatic N) is 3. The molecule has 2 aromatic heterocycles. The molecular weight excluding hydrogens is 222 g/mol. The normalized spacial score (nSPS) is 12.8. The topological polar surface area (TPSA) is 68.8 Å². The van der Waals surface area contributed by atoms with Crippen molar-refractivity contribution in [2.45, 2.75) is 13.0 Å². The Hall–Kier alpha value is -1.40. The van der Waals surface area contributed by atoms with E-state index in [2.05, 4.69) is 15.4 Å². The van der Waals surface area contributed by atoms with E-state index in [1.54, 1.807) is 22.2 Å². The largest absolute Gasteiger partial charge is 0.365 e. The van der Waals surface area contributed by atoms with Crippen LogP contribution in [-0.2, 0) is 7.05 Å². The van der Waals surface area contributed by atoms with Gasteiger partial charge in [-0.05, 0) is 6.92 Å². The van der Waals surface area contributed by atoms with E-state index in [9.17, 15) is 0 Å². The highest BCUT2D eigenvalue weighted by atomic mass is 32.1. The fraction of sp³-hybridized carbons (Fsp3) is 0.400. The van der Waals surface area contributed by atoms with Crippen molar-refractivity contribution in [3.63, 3.8) is 0 Å². The van der Waals surface area contributed by atoms with Gasteiger partial charge >= 0.3 is 0 Å². The van der Waals surface area contributed by atoms with Gasteiger partial charge in [-0.25, -0.2) is 4.98 Å². The predicted octanol–water partition coefficient (Wildman–Crippen LogP) is 1.60. The van der Waals surface area contributed by atoms with Crippen LogP contribution in [-0.4, -0.2) is 21.8 Å². The molecule has 0 fully saturated rings. The van der Waals surface area contributed by atoms with Crippen LogP contribution in [0.1, 0.15) is 17.8 Å². The van der Waals surface area contributed by atoms with Crippen LogP contribution in [0.5, 0.6) is 0 Å². The molecule has 0 amide bonds. The highest BCUT2D eigenvalue weighted by Crippen LogP contribution is 2.33. The van der Waals surface area contributed by atoms with Crippen molar-refractivity contribution < 1.29 is 0 Å². The number of anilines is 1. The smallest absolute Gasteiger partial charge is 0.183 e. The maximum Gasteiger partial charge on any atom is 0.183 e. The van der Waals surface area contributed by atoms with Gasteiger partial charge in [0.05, 0.1) is 16.8 Å². The monoisotopic (exact) mass is 237 g/mol. The van der Waals surface area contributed by atoms with Crippen LogP contribution in [0.15, 0.2) is 12.4 Å². The number of aryl methyl sites for hydroxylation is 1. The molecule has 2 aromatic rings. The molecule has 2 heterocycles. The maximum absolute atomic E-state index is 5.94. The Bertz CT molecular complexity index is 485. The second-order valence-corrected chi connectivity index (χ2v) is 4.70. The zero-order valence-electron chi connectivity index (χ0n) is 9.56. The lowest BCUT2D eigenvalue weighted by Crippen LogP contribution is -2.03. The number of hydrogen-bond acceptors (Lipinski definition) is 5. The van der Waals surface area contributed by atoms with Gasteiger partial charge in [-0.15, -0.1) is 0 Å². The van der Waals surface area contributed by atoms with Gasteiger partial charge in [-0.3, -0.25) is 4.68 Å². The third kappa shape index (κ3) is 1.94. The first kappa shape index (κ1) is 11.1. The second-order valence-electron chi connectivity index (χ2n) is 3.67. The van der Waals surface area contributed by atoms with Crippen LogP contribution < -0.4 is 11.1 Å². The molecule has 6 heteroatoms. The molecule has 0 aliphatic rings. The fourth-order valence-corrected chi connectivity index (χ4v) is 2.39. The van der Waals surface area contributed by atoms with Crippen LogP contribution in [0.2, 0.25) is 0 Å². The molecule has 86 valence electrons. The predicted molar refractivity (Wildman–Crippen MR) is 66.5 cm³/mol. The summed E-state index contributed by atoms with van der Waals surface area (Å²) in [6.07, 6.45) is 3.75. The van der Waals surface area contributed by atoms with E-state index >= 15 is 0 Å². The van der Waals surface area contributed by atoms with E-state index < -0.39 is 0 Å². The van der Waals surface area contributed by atoms with Gasteiger partial charge in [-0.2, -0.15) is 5.10 Å². The number of nitrogens with one attached hydrogen (secondary N) is 1. The van der Waals surface area contributed by atoms with Crippen LogP contribution >= 0.6 is 11.3 Å². The maximum atomic E-state index is 5.94. The minimum Gasteiger partial charge on any atom is -0.365 e. The molecule has 16 heavy (non-hydrogen) atoms. The van der Waals surface area contributed by atoms with Crippen LogP contribution in [0, 0.1) is 0 Å². The molecular formula is C10H15N5S. The van der Waals surface area contributed by atoms with Crippen molar-refractivity contribution in [1.82, 2.24) is 14.8 Å². The standard InChI is InChI=1S/C10H15N5S/c1-6(11)9-8(14-10(12-2)16-9)7-4-13-15(3)5-7/h4-6H,11H2,1-3H3,(H,12,14). The highest BCUT2D eigenvalue weighted by Gasteiger charge is 2.16. The molecule has 0 spiro atoms. The van der Waals surface area contributed by atoms with Gasteiger partial charge in [-0.1, -0.05) is 11.3 Å². The van der Waals surface area contributed by atoms with Gasteiger partial charge in [0, 0.05) is 31.9 Å². The first-order valence-electron chi connectivity index (χ1n) is 5.05. The Labute approximate surface area is 98.3 Å². The Morgan fingerprint density at radius 1 is 1.56 bits per heavy atom. The summed E-state index contributed by atoms with van der Waals surface area (Å²) >= 11 is 1.59. The van der Waals surface area contributed by atoms with Gasteiger partial charge in [0.15, 0.2) is 5.13 Å². The van der Waals surface area contributed by atoms with Gasteiger partial charge in [0.25, 0.3) is 0 Å². The van der Waals surface area contributed by atoms with Crippen LogP contribution in [0.3, 0.4) is 0 Å². The van der Waals surface area contributed by atoms with E-state index in [4.69, 9.17) is 5.73 Å². The summed E-state index contributed by atoms with van der Waals surface area (Å²) < 4.78 is 1.76. The summed E-state index contributed by atoms with van der Waals surface area (Å²) in [5.74, 6) is 0. The number of thiazole rings is 1. The molecule has 5 nitrogen and oxygen atoms in total. The van der Waals surface area contributed by atoms with Gasteiger partial charge < -0.3 is 11.1 Å². The molecule has 2 rings (SSSR count). The summed E-state index contributed by atoms with van der Waals surface area (Å²) in [5.41, 5.74) is 7.88. The second kappa shape index (κ2) is 4.23. The van der Waals surface area contributed by atoms with Crippen molar-refractivity contribution in [3.8, 4) is 11.3 Å². The number of hydrogen-bond donors (Lipinski definition) is 2. The van der Waals surface area contributed by atoms with Crippen molar-refractivity contribution >= 4 is 16.5 Å². The molecule has 0 aliphatic carbocycles. The molecule has 0 radical (unpaired) electrons. The summed E-state index contributed by atoms with van der Waals surface area (Å²) in [6.45, 7) is 1.97. The lowest BCUT2D eigenvalue weighted by molar-refractivity contribution is 0.768. The Morgan fingerprint density at radius 2 is 2.31 bits per heavy atom. The minimum atomic E-state index is -0.0187. The molecule has 3 N–H and O–H groups in total. The minimum absolute atomic E-state index is 0.0187. The average Bonchev–Trinajstić information content (AvgIpc) is 2.82. The lowest BCUT2D eigenvalue weighted by Gasteiger charge is -2.02. The molecule has 0 aromatic carbocycles. The van der Waals surface area contributed by atoms with E-state index in [0.29, 0.717) is 0 Å². The van der Waals surface area contributed by atoms with E-state index in [1.807, 2.05) is 27.2 Å². The first-order valence-corrected chi connectivity index (χ1v) is 5.86. The van der Waals surface area contributed by atoms with Crippen molar-refractivity contribution in [1.29, 1.82) is 0 Å². The van der Waals surface area contributed by atoms with Crippen LogP contribution in [0.25, 0.3) is 11.3 Å². The quantitative estimate of drug-likeness (QED) is 0.851. The Kier molecular flexibility index (Phi) is 2.93. The number of aromatic nitrogens is 3. The summed E-state index contributed by atoms with van der Waals surface area (Å²) in [4.78, 5) is 5.59. The summed E-state index contributed by atoms with van der Waals surface area (Å²) in [5, 5.41) is 8.07. The fourth-order valence-electron chi connectivity index (χ4n) is 1.50. The Morgan fingerprint density at radius 3 is 2.81 bits per heavy atom. The zero-order chi connectivity index (χ0) is 11.7. The van der Waals surface area contributed by atoms with Crippen molar-refractivity contribution in [2.24, 2.45) is 12.8 Å². The third-order valence-corrected chi connectivity index (χ3v) is 3.53. The molecule has 0 saturated carbocycles. The zero-order valence-corrected chi connectivity index (χ0v) is 10.4. The van der Waals surface area contributed by atoms with Gasteiger partial charge in [0.2, 0.25) is 0 Å².